The van der Waals surface area contributed by atoms with Crippen LogP contribution in [0.2, 0.25) is 0 Å². The minimum atomic E-state index is -4.94. The number of methoxy groups -OCH3 is 1. The number of aromatic hydroxyl groups is 1. The van der Waals surface area contributed by atoms with Crippen molar-refractivity contribution >= 4 is 17.7 Å². The molecule has 0 atom stereocenters. The van der Waals surface area contributed by atoms with Crippen LogP contribution < -0.4 is 10.1 Å². The van der Waals surface area contributed by atoms with Gasteiger partial charge in [-0.25, -0.2) is 0 Å². The first-order chi connectivity index (χ1) is 11.8. The Bertz CT molecular complexity index is 785. The van der Waals surface area contributed by atoms with E-state index in [0.29, 0.717) is 17.7 Å². The van der Waals surface area contributed by atoms with E-state index in [-0.39, 0.29) is 11.4 Å². The summed E-state index contributed by atoms with van der Waals surface area (Å²) in [5.41, 5.74) is 1.41. The summed E-state index contributed by atoms with van der Waals surface area (Å²) in [5, 5.41) is 11.4. The molecule has 0 bridgehead atoms. The number of allylic oxidation sites excluding steroid dienone is 1. The van der Waals surface area contributed by atoms with Crippen molar-refractivity contribution in [1.29, 1.82) is 0 Å². The molecular formula is C18H16F3NO3. The molecule has 0 fully saturated rings. The number of amides is 1. The van der Waals surface area contributed by atoms with Crippen molar-refractivity contribution in [2.24, 2.45) is 0 Å². The Morgan fingerprint density at radius 3 is 2.64 bits per heavy atom. The number of carbonyl (C=O) groups excluding carboxylic acids is 1. The van der Waals surface area contributed by atoms with Crippen LogP contribution in [0.5, 0.6) is 11.5 Å². The van der Waals surface area contributed by atoms with Gasteiger partial charge in [0.25, 0.3) is 0 Å². The number of ether oxygens (including phenoxy) is 1. The molecule has 2 aromatic rings. The number of anilines is 1. The Hall–Kier alpha value is -2.96. The second-order valence-electron chi connectivity index (χ2n) is 5.15. The number of benzene rings is 2. The molecule has 0 unspecified atom stereocenters. The number of phenolic OH excluding ortho intramolecular Hbond substituents is 1. The largest absolute Gasteiger partial charge is 0.504 e. The number of carbonyl (C=O) groups is 1. The smallest absolute Gasteiger partial charge is 0.471 e. The zero-order valence-corrected chi connectivity index (χ0v) is 13.3. The third kappa shape index (κ3) is 5.00. The fourth-order valence-corrected chi connectivity index (χ4v) is 2.13. The lowest BCUT2D eigenvalue weighted by Crippen LogP contribution is -2.30. The maximum Gasteiger partial charge on any atom is 0.471 e. The minimum absolute atomic E-state index is 0.0138. The monoisotopic (exact) mass is 351 g/mol. The lowest BCUT2D eigenvalue weighted by molar-refractivity contribution is -0.167. The SMILES string of the molecule is COc1cc(/C=C/Cc2ccccc2NC(=O)C(F)(F)F)ccc1O. The first-order valence-electron chi connectivity index (χ1n) is 7.31. The summed E-state index contributed by atoms with van der Waals surface area (Å²) >= 11 is 0. The molecule has 2 N–H and O–H groups in total. The minimum Gasteiger partial charge on any atom is -0.504 e. The summed E-state index contributed by atoms with van der Waals surface area (Å²) in [6.45, 7) is 0. The highest BCUT2D eigenvalue weighted by molar-refractivity contribution is 5.95. The van der Waals surface area contributed by atoms with Gasteiger partial charge in [0.05, 0.1) is 7.11 Å². The topological polar surface area (TPSA) is 58.6 Å². The summed E-state index contributed by atoms with van der Waals surface area (Å²) in [6.07, 6.45) is -1.14. The van der Waals surface area contributed by atoms with Gasteiger partial charge in [-0.1, -0.05) is 36.4 Å². The van der Waals surface area contributed by atoms with Crippen LogP contribution in [0, 0.1) is 0 Å². The highest BCUT2D eigenvalue weighted by Gasteiger charge is 2.38. The molecule has 2 rings (SSSR count). The molecule has 25 heavy (non-hydrogen) atoms. The third-order valence-electron chi connectivity index (χ3n) is 3.37. The molecule has 0 aliphatic carbocycles. The fourth-order valence-electron chi connectivity index (χ4n) is 2.13. The van der Waals surface area contributed by atoms with Gasteiger partial charge in [-0.05, 0) is 35.7 Å². The van der Waals surface area contributed by atoms with Crippen molar-refractivity contribution in [1.82, 2.24) is 0 Å². The second-order valence-corrected chi connectivity index (χ2v) is 5.15. The van der Waals surface area contributed by atoms with E-state index < -0.39 is 12.1 Å². The van der Waals surface area contributed by atoms with Gasteiger partial charge in [0.15, 0.2) is 11.5 Å². The molecule has 2 aromatic carbocycles. The predicted octanol–water partition coefficient (Wildman–Crippen LogP) is 4.16. The van der Waals surface area contributed by atoms with Gasteiger partial charge < -0.3 is 15.2 Å². The van der Waals surface area contributed by atoms with Crippen LogP contribution >= 0.6 is 0 Å². The first kappa shape index (κ1) is 18.4. The van der Waals surface area contributed by atoms with E-state index in [1.54, 1.807) is 42.5 Å². The van der Waals surface area contributed by atoms with Crippen molar-refractivity contribution in [3.8, 4) is 11.5 Å². The van der Waals surface area contributed by atoms with Crippen LogP contribution in [0.4, 0.5) is 18.9 Å². The number of phenols is 1. The molecule has 1 amide bonds. The third-order valence-corrected chi connectivity index (χ3v) is 3.37. The molecule has 0 radical (unpaired) electrons. The summed E-state index contributed by atoms with van der Waals surface area (Å²) in [5.74, 6) is -1.67. The fraction of sp³-hybridized carbons (Fsp3) is 0.167. The maximum absolute atomic E-state index is 12.4. The van der Waals surface area contributed by atoms with E-state index in [9.17, 15) is 23.1 Å². The highest BCUT2D eigenvalue weighted by atomic mass is 19.4. The first-order valence-corrected chi connectivity index (χ1v) is 7.31. The molecule has 0 aliphatic rings. The summed E-state index contributed by atoms with van der Waals surface area (Å²) < 4.78 is 42.2. The van der Waals surface area contributed by atoms with Gasteiger partial charge in [-0.2, -0.15) is 13.2 Å². The average Bonchev–Trinajstić information content (AvgIpc) is 2.57. The molecule has 7 heteroatoms. The van der Waals surface area contributed by atoms with Crippen LogP contribution in [-0.2, 0) is 11.2 Å². The Kier molecular flexibility index (Phi) is 5.69. The maximum atomic E-state index is 12.4. The van der Waals surface area contributed by atoms with Crippen molar-refractivity contribution in [2.45, 2.75) is 12.6 Å². The number of alkyl halides is 3. The predicted molar refractivity (Wildman–Crippen MR) is 88.5 cm³/mol. The van der Waals surface area contributed by atoms with Crippen molar-refractivity contribution in [3.05, 3.63) is 59.7 Å². The van der Waals surface area contributed by atoms with Gasteiger partial charge in [0.1, 0.15) is 0 Å². The summed E-state index contributed by atoms with van der Waals surface area (Å²) in [4.78, 5) is 11.1. The van der Waals surface area contributed by atoms with Crippen LogP contribution in [0.15, 0.2) is 48.5 Å². The van der Waals surface area contributed by atoms with Gasteiger partial charge in [-0.3, -0.25) is 4.79 Å². The Morgan fingerprint density at radius 1 is 1.24 bits per heavy atom. The van der Waals surface area contributed by atoms with E-state index in [1.807, 2.05) is 5.32 Å². The quantitative estimate of drug-likeness (QED) is 0.850. The Morgan fingerprint density at radius 2 is 1.96 bits per heavy atom. The van der Waals surface area contributed by atoms with E-state index in [0.717, 1.165) is 5.56 Å². The van der Waals surface area contributed by atoms with Gasteiger partial charge in [-0.15, -0.1) is 0 Å². The standard InChI is InChI=1S/C18H16F3NO3/c1-25-16-11-12(9-10-15(16)23)5-4-7-13-6-2-3-8-14(13)22-17(24)18(19,20)21/h2-6,8-11,23H,7H2,1H3,(H,22,24)/b5-4+. The zero-order valence-electron chi connectivity index (χ0n) is 13.3. The Balaban J connectivity index is 2.12. The van der Waals surface area contributed by atoms with Gasteiger partial charge in [0.2, 0.25) is 0 Å². The molecule has 4 nitrogen and oxygen atoms in total. The highest BCUT2D eigenvalue weighted by Crippen LogP contribution is 2.27. The molecule has 132 valence electrons. The van der Waals surface area contributed by atoms with Gasteiger partial charge in [0, 0.05) is 5.69 Å². The van der Waals surface area contributed by atoms with Crippen LogP contribution in [-0.4, -0.2) is 24.3 Å². The second kappa shape index (κ2) is 7.74. The summed E-state index contributed by atoms with van der Waals surface area (Å²) in [7, 11) is 1.43. The Labute approximate surface area is 142 Å². The number of para-hydroxylation sites is 1. The van der Waals surface area contributed by atoms with Crippen molar-refractivity contribution in [2.75, 3.05) is 12.4 Å². The molecule has 0 saturated carbocycles. The number of hydrogen-bond acceptors (Lipinski definition) is 3. The van der Waals surface area contributed by atoms with Crippen molar-refractivity contribution in [3.63, 3.8) is 0 Å². The number of halogens is 3. The van der Waals surface area contributed by atoms with Crippen LogP contribution in [0.3, 0.4) is 0 Å². The van der Waals surface area contributed by atoms with E-state index in [4.69, 9.17) is 4.74 Å². The van der Waals surface area contributed by atoms with E-state index in [1.165, 1.54) is 19.2 Å². The normalized spacial score (nSPS) is 11.5. The lowest BCUT2D eigenvalue weighted by Gasteiger charge is -2.11. The molecule has 0 spiro atoms. The number of nitrogens with one attached hydrogen (secondary N) is 1. The number of hydrogen-bond donors (Lipinski definition) is 2. The van der Waals surface area contributed by atoms with Crippen LogP contribution in [0.1, 0.15) is 11.1 Å². The average molecular weight is 351 g/mol. The molecule has 0 aliphatic heterocycles. The van der Waals surface area contributed by atoms with E-state index in [2.05, 4.69) is 0 Å². The molecule has 0 saturated heterocycles. The molecule has 0 aromatic heterocycles. The van der Waals surface area contributed by atoms with E-state index >= 15 is 0 Å². The number of rotatable bonds is 5. The van der Waals surface area contributed by atoms with Crippen LogP contribution in [0.25, 0.3) is 6.08 Å². The molecular weight excluding hydrogens is 335 g/mol. The zero-order chi connectivity index (χ0) is 18.4. The van der Waals surface area contributed by atoms with Crippen molar-refractivity contribution < 1.29 is 27.8 Å². The molecule has 0 heterocycles. The summed E-state index contributed by atoms with van der Waals surface area (Å²) in [6, 6.07) is 11.1. The lowest BCUT2D eigenvalue weighted by atomic mass is 10.1. The van der Waals surface area contributed by atoms with Gasteiger partial charge >= 0.3 is 12.1 Å².